The lowest BCUT2D eigenvalue weighted by Gasteiger charge is -2.13. The van der Waals surface area contributed by atoms with Crippen LogP contribution in [0.3, 0.4) is 0 Å². The van der Waals surface area contributed by atoms with E-state index < -0.39 is 17.7 Å². The Morgan fingerprint density at radius 3 is 2.59 bits per heavy atom. The smallest absolute Gasteiger partial charge is 0.406 e. The topological polar surface area (TPSA) is 61.4 Å². The zero-order valence-electron chi connectivity index (χ0n) is 14.1. The first-order chi connectivity index (χ1) is 12.9. The van der Waals surface area contributed by atoms with Gasteiger partial charge in [0.1, 0.15) is 11.6 Å². The first kappa shape index (κ1) is 17.1. The summed E-state index contributed by atoms with van der Waals surface area (Å²) in [6.45, 7) is 1.90. The Balaban J connectivity index is 2.05. The Bertz CT molecular complexity index is 1210. The molecule has 0 amide bonds. The molecule has 0 unspecified atom stereocenters. The monoisotopic (exact) mass is 374 g/mol. The highest BCUT2D eigenvalue weighted by molar-refractivity contribution is 5.81. The molecule has 27 heavy (non-hydrogen) atoms. The Hall–Kier alpha value is -3.36. The van der Waals surface area contributed by atoms with Gasteiger partial charge in [0, 0.05) is 12.5 Å². The van der Waals surface area contributed by atoms with Crippen LogP contribution in [0.25, 0.3) is 22.4 Å². The number of alkyl halides is 3. The number of benzene rings is 2. The second-order valence-corrected chi connectivity index (χ2v) is 5.81. The fourth-order valence-electron chi connectivity index (χ4n) is 3.04. The molecular weight excluding hydrogens is 361 g/mol. The van der Waals surface area contributed by atoms with Crippen molar-refractivity contribution in [3.8, 4) is 11.4 Å². The van der Waals surface area contributed by atoms with Gasteiger partial charge in [-0.05, 0) is 24.3 Å². The van der Waals surface area contributed by atoms with Gasteiger partial charge in [-0.1, -0.05) is 25.1 Å². The molecule has 138 valence electrons. The van der Waals surface area contributed by atoms with Crippen LogP contribution in [0, 0.1) is 0 Å². The molecule has 0 saturated heterocycles. The van der Waals surface area contributed by atoms with Crippen molar-refractivity contribution in [2.75, 3.05) is 0 Å². The molecule has 2 heterocycles. The Morgan fingerprint density at radius 1 is 1.07 bits per heavy atom. The fraction of sp³-hybridized carbons (Fsp3) is 0.167. The molecule has 9 heteroatoms. The molecule has 0 aliphatic carbocycles. The lowest BCUT2D eigenvalue weighted by molar-refractivity contribution is -0.274. The summed E-state index contributed by atoms with van der Waals surface area (Å²) in [6.07, 6.45) is -4.26. The van der Waals surface area contributed by atoms with Gasteiger partial charge in [-0.25, -0.2) is 4.57 Å². The molecule has 0 aliphatic heterocycles. The minimum absolute atomic E-state index is 0.201. The van der Waals surface area contributed by atoms with Gasteiger partial charge in [-0.3, -0.25) is 9.20 Å². The first-order valence-electron chi connectivity index (χ1n) is 8.13. The van der Waals surface area contributed by atoms with E-state index in [4.69, 9.17) is 0 Å². The molecule has 0 aliphatic rings. The van der Waals surface area contributed by atoms with Gasteiger partial charge in [0.15, 0.2) is 0 Å². The lowest BCUT2D eigenvalue weighted by Crippen LogP contribution is -2.22. The van der Waals surface area contributed by atoms with Gasteiger partial charge in [-0.15, -0.1) is 23.4 Å². The van der Waals surface area contributed by atoms with Crippen LogP contribution in [-0.4, -0.2) is 25.5 Å². The van der Waals surface area contributed by atoms with E-state index in [-0.39, 0.29) is 11.5 Å². The highest BCUT2D eigenvalue weighted by Gasteiger charge is 2.31. The highest BCUT2D eigenvalue weighted by Crippen LogP contribution is 2.25. The van der Waals surface area contributed by atoms with E-state index in [1.807, 2.05) is 6.92 Å². The van der Waals surface area contributed by atoms with E-state index in [1.54, 1.807) is 28.7 Å². The van der Waals surface area contributed by atoms with Gasteiger partial charge in [0.2, 0.25) is 5.78 Å². The average molecular weight is 374 g/mol. The Morgan fingerprint density at radius 2 is 1.85 bits per heavy atom. The number of hydrogen-bond donors (Lipinski definition) is 0. The molecule has 0 saturated carbocycles. The third-order valence-electron chi connectivity index (χ3n) is 4.12. The van der Waals surface area contributed by atoms with Crippen molar-refractivity contribution in [1.29, 1.82) is 0 Å². The number of hydrogen-bond acceptors (Lipinski definition) is 4. The summed E-state index contributed by atoms with van der Waals surface area (Å²) in [5.74, 6) is 0.436. The van der Waals surface area contributed by atoms with Crippen molar-refractivity contribution in [3.63, 3.8) is 0 Å². The molecule has 0 bridgehead atoms. The summed E-state index contributed by atoms with van der Waals surface area (Å²) in [5, 5.41) is 8.61. The highest BCUT2D eigenvalue weighted by atomic mass is 19.4. The number of para-hydroxylation sites is 1. The number of aromatic nitrogens is 4. The molecule has 0 atom stereocenters. The van der Waals surface area contributed by atoms with Crippen LogP contribution in [0.5, 0.6) is 5.75 Å². The molecule has 0 spiro atoms. The zero-order valence-corrected chi connectivity index (χ0v) is 14.1. The third kappa shape index (κ3) is 2.90. The Labute approximate surface area is 150 Å². The molecular formula is C18H13F3N4O2. The van der Waals surface area contributed by atoms with Crippen LogP contribution < -0.4 is 10.3 Å². The standard InChI is InChI=1S/C18H13F3N4O2/c1-2-15-22-23-17-24(11-6-5-7-12(10-11)27-18(19,20)21)16(26)13-8-3-4-9-14(13)25(15)17/h3-10H,2H2,1H3. The number of nitrogens with zero attached hydrogens (tertiary/aromatic N) is 4. The maximum Gasteiger partial charge on any atom is 0.573 e. The summed E-state index contributed by atoms with van der Waals surface area (Å²) < 4.78 is 44.6. The average Bonchev–Trinajstić information content (AvgIpc) is 3.05. The van der Waals surface area contributed by atoms with Crippen molar-refractivity contribution >= 4 is 16.7 Å². The zero-order chi connectivity index (χ0) is 19.2. The SMILES string of the molecule is CCc1nnc2n(-c3cccc(OC(F)(F)F)c3)c(=O)c3ccccc3n12. The molecule has 4 aromatic rings. The number of rotatable bonds is 3. The summed E-state index contributed by atoms with van der Waals surface area (Å²) in [6, 6.07) is 12.2. The van der Waals surface area contributed by atoms with Crippen molar-refractivity contribution in [2.24, 2.45) is 0 Å². The number of ether oxygens (including phenoxy) is 1. The van der Waals surface area contributed by atoms with E-state index >= 15 is 0 Å². The summed E-state index contributed by atoms with van der Waals surface area (Å²) in [7, 11) is 0. The van der Waals surface area contributed by atoms with E-state index in [9.17, 15) is 18.0 Å². The molecule has 6 nitrogen and oxygen atoms in total. The Kier molecular flexibility index (Phi) is 3.87. The van der Waals surface area contributed by atoms with E-state index in [0.717, 1.165) is 6.07 Å². The maximum atomic E-state index is 13.1. The lowest BCUT2D eigenvalue weighted by atomic mass is 10.2. The number of halogens is 3. The molecule has 2 aromatic carbocycles. The predicted octanol–water partition coefficient (Wildman–Crippen LogP) is 3.49. The molecule has 2 aromatic heterocycles. The molecule has 0 N–H and O–H groups in total. The number of fused-ring (bicyclic) bond motifs is 3. The van der Waals surface area contributed by atoms with Gasteiger partial charge in [0.05, 0.1) is 16.6 Å². The van der Waals surface area contributed by atoms with E-state index in [1.165, 1.54) is 22.8 Å². The molecule has 0 fully saturated rings. The largest absolute Gasteiger partial charge is 0.573 e. The van der Waals surface area contributed by atoms with E-state index in [2.05, 4.69) is 14.9 Å². The summed E-state index contributed by atoms with van der Waals surface area (Å²) >= 11 is 0. The first-order valence-corrected chi connectivity index (χ1v) is 8.13. The minimum atomic E-state index is -4.83. The quantitative estimate of drug-likeness (QED) is 0.551. The van der Waals surface area contributed by atoms with Crippen LogP contribution in [0.1, 0.15) is 12.7 Å². The predicted molar refractivity (Wildman–Crippen MR) is 92.2 cm³/mol. The van der Waals surface area contributed by atoms with Crippen molar-refractivity contribution in [3.05, 3.63) is 64.7 Å². The normalized spacial score (nSPS) is 12.0. The van der Waals surface area contributed by atoms with Crippen LogP contribution >= 0.6 is 0 Å². The minimum Gasteiger partial charge on any atom is -0.406 e. The van der Waals surface area contributed by atoms with Crippen LogP contribution in [-0.2, 0) is 6.42 Å². The second kappa shape index (κ2) is 6.11. The van der Waals surface area contributed by atoms with Gasteiger partial charge < -0.3 is 4.74 Å². The maximum absolute atomic E-state index is 13.1. The van der Waals surface area contributed by atoms with Crippen LogP contribution in [0.15, 0.2) is 53.3 Å². The summed E-state index contributed by atoms with van der Waals surface area (Å²) in [5.41, 5.74) is 0.433. The van der Waals surface area contributed by atoms with Crippen LogP contribution in [0.4, 0.5) is 13.2 Å². The van der Waals surface area contributed by atoms with Crippen LogP contribution in [0.2, 0.25) is 0 Å². The van der Waals surface area contributed by atoms with Crippen molar-refractivity contribution < 1.29 is 17.9 Å². The van der Waals surface area contributed by atoms with Gasteiger partial charge >= 0.3 is 6.36 Å². The number of aryl methyl sites for hydroxylation is 1. The van der Waals surface area contributed by atoms with Crippen molar-refractivity contribution in [1.82, 2.24) is 19.2 Å². The third-order valence-corrected chi connectivity index (χ3v) is 4.12. The molecule has 4 rings (SSSR count). The fourth-order valence-corrected chi connectivity index (χ4v) is 3.04. The second-order valence-electron chi connectivity index (χ2n) is 5.81. The van der Waals surface area contributed by atoms with Gasteiger partial charge in [-0.2, -0.15) is 0 Å². The van der Waals surface area contributed by atoms with Crippen molar-refractivity contribution in [2.45, 2.75) is 19.7 Å². The summed E-state index contributed by atoms with van der Waals surface area (Å²) in [4.78, 5) is 13.1. The molecule has 0 radical (unpaired) electrons. The van der Waals surface area contributed by atoms with Gasteiger partial charge in [0.25, 0.3) is 5.56 Å². The van der Waals surface area contributed by atoms with E-state index in [0.29, 0.717) is 23.1 Å².